The lowest BCUT2D eigenvalue weighted by Crippen LogP contribution is -1.98. The van der Waals surface area contributed by atoms with E-state index in [4.69, 9.17) is 4.74 Å². The maximum absolute atomic E-state index is 5.56. The van der Waals surface area contributed by atoms with E-state index in [2.05, 4.69) is 49.7 Å². The van der Waals surface area contributed by atoms with Crippen LogP contribution < -0.4 is 0 Å². The van der Waals surface area contributed by atoms with Gasteiger partial charge in [-0.1, -0.05) is 12.1 Å². The predicted octanol–water partition coefficient (Wildman–Crippen LogP) is 4.07. The molecule has 0 aliphatic carbocycles. The Bertz CT molecular complexity index is 511. The molecule has 0 saturated carbocycles. The van der Waals surface area contributed by atoms with Gasteiger partial charge < -0.3 is 9.30 Å². The van der Waals surface area contributed by atoms with Crippen LogP contribution in [0.3, 0.4) is 0 Å². The molecule has 0 radical (unpaired) electrons. The van der Waals surface area contributed by atoms with Crippen LogP contribution >= 0.6 is 0 Å². The number of ether oxygens (including phenoxy) is 1. The fraction of sp³-hybridized carbons (Fsp3) is 0.467. The first kappa shape index (κ1) is 12.2. The number of rotatable bonds is 4. The van der Waals surface area contributed by atoms with Crippen molar-refractivity contribution in [2.24, 2.45) is 0 Å². The van der Waals surface area contributed by atoms with Gasteiger partial charge in [0.2, 0.25) is 0 Å². The molecule has 92 valence electrons. The highest BCUT2D eigenvalue weighted by atomic mass is 16.5. The summed E-state index contributed by atoms with van der Waals surface area (Å²) >= 11 is 0. The topological polar surface area (TPSA) is 14.2 Å². The van der Waals surface area contributed by atoms with Gasteiger partial charge in [-0.05, 0) is 39.3 Å². The van der Waals surface area contributed by atoms with Crippen LogP contribution in [0, 0.1) is 6.92 Å². The van der Waals surface area contributed by atoms with Gasteiger partial charge in [0.05, 0.1) is 6.61 Å². The number of aromatic nitrogens is 1. The number of fused-ring (bicyclic) bond motifs is 1. The highest BCUT2D eigenvalue weighted by Gasteiger charge is 2.11. The molecule has 0 saturated heterocycles. The molecule has 0 unspecified atom stereocenters. The van der Waals surface area contributed by atoms with Crippen molar-refractivity contribution in [2.45, 2.75) is 40.3 Å². The highest BCUT2D eigenvalue weighted by molar-refractivity contribution is 5.87. The molecule has 17 heavy (non-hydrogen) atoms. The number of aryl methyl sites for hydroxylation is 1. The van der Waals surface area contributed by atoms with Gasteiger partial charge in [0, 0.05) is 35.3 Å². The van der Waals surface area contributed by atoms with Gasteiger partial charge in [0.15, 0.2) is 0 Å². The van der Waals surface area contributed by atoms with Crippen molar-refractivity contribution in [1.82, 2.24) is 4.57 Å². The summed E-state index contributed by atoms with van der Waals surface area (Å²) in [7, 11) is 0. The minimum atomic E-state index is 0.481. The average Bonchev–Trinajstić information content (AvgIpc) is 2.67. The summed E-state index contributed by atoms with van der Waals surface area (Å²) < 4.78 is 7.89. The van der Waals surface area contributed by atoms with Crippen molar-refractivity contribution < 1.29 is 4.74 Å². The van der Waals surface area contributed by atoms with Crippen LogP contribution in [0.5, 0.6) is 0 Å². The molecule has 0 aliphatic rings. The van der Waals surface area contributed by atoms with Gasteiger partial charge in [-0.3, -0.25) is 0 Å². The Kier molecular flexibility index (Phi) is 3.53. The molecule has 2 aromatic rings. The average molecular weight is 231 g/mol. The van der Waals surface area contributed by atoms with Crippen LogP contribution in [0.1, 0.15) is 37.9 Å². The zero-order valence-corrected chi connectivity index (χ0v) is 11.2. The van der Waals surface area contributed by atoms with E-state index in [-0.39, 0.29) is 0 Å². The van der Waals surface area contributed by atoms with Crippen molar-refractivity contribution in [2.75, 3.05) is 6.61 Å². The quantitative estimate of drug-likeness (QED) is 0.773. The summed E-state index contributed by atoms with van der Waals surface area (Å²) in [5.41, 5.74) is 3.94. The summed E-state index contributed by atoms with van der Waals surface area (Å²) in [6.07, 6.45) is 2.23. The molecular weight excluding hydrogens is 210 g/mol. The molecule has 0 fully saturated rings. The third-order valence-electron chi connectivity index (χ3n) is 3.16. The van der Waals surface area contributed by atoms with Crippen LogP contribution in [0.2, 0.25) is 0 Å². The Balaban J connectivity index is 2.59. The Morgan fingerprint density at radius 3 is 2.71 bits per heavy atom. The second-order valence-corrected chi connectivity index (χ2v) is 4.76. The van der Waals surface area contributed by atoms with Crippen LogP contribution in [-0.4, -0.2) is 11.2 Å². The van der Waals surface area contributed by atoms with Crippen molar-refractivity contribution in [3.8, 4) is 0 Å². The SMILES string of the molecule is CCOCc1cn(C(C)C)c2cccc(C)c12. The fourth-order valence-electron chi connectivity index (χ4n) is 2.34. The molecule has 1 heterocycles. The summed E-state index contributed by atoms with van der Waals surface area (Å²) in [6, 6.07) is 6.97. The van der Waals surface area contributed by atoms with Gasteiger partial charge in [0.1, 0.15) is 0 Å². The molecule has 0 bridgehead atoms. The van der Waals surface area contributed by atoms with Crippen molar-refractivity contribution in [3.05, 3.63) is 35.5 Å². The molecule has 2 heteroatoms. The Hall–Kier alpha value is -1.28. The van der Waals surface area contributed by atoms with Gasteiger partial charge >= 0.3 is 0 Å². The Morgan fingerprint density at radius 1 is 1.29 bits per heavy atom. The molecule has 2 nitrogen and oxygen atoms in total. The minimum absolute atomic E-state index is 0.481. The highest BCUT2D eigenvalue weighted by Crippen LogP contribution is 2.27. The maximum Gasteiger partial charge on any atom is 0.0737 e. The zero-order valence-electron chi connectivity index (χ0n) is 11.2. The number of benzene rings is 1. The summed E-state index contributed by atoms with van der Waals surface area (Å²) in [4.78, 5) is 0. The molecule has 0 N–H and O–H groups in total. The lowest BCUT2D eigenvalue weighted by molar-refractivity contribution is 0.135. The fourth-order valence-corrected chi connectivity index (χ4v) is 2.34. The van der Waals surface area contributed by atoms with E-state index in [0.717, 1.165) is 6.61 Å². The Labute approximate surface area is 103 Å². The van der Waals surface area contributed by atoms with E-state index in [1.165, 1.54) is 22.0 Å². The lowest BCUT2D eigenvalue weighted by Gasteiger charge is -2.09. The summed E-state index contributed by atoms with van der Waals surface area (Å²) in [5, 5.41) is 1.36. The van der Waals surface area contributed by atoms with Crippen LogP contribution in [0.4, 0.5) is 0 Å². The van der Waals surface area contributed by atoms with Gasteiger partial charge in [-0.25, -0.2) is 0 Å². The van der Waals surface area contributed by atoms with Crippen LogP contribution in [0.25, 0.3) is 10.9 Å². The standard InChI is InChI=1S/C15H21NO/c1-5-17-10-13-9-16(11(2)3)14-8-6-7-12(4)15(13)14/h6-9,11H,5,10H2,1-4H3. The van der Waals surface area contributed by atoms with Gasteiger partial charge in [-0.15, -0.1) is 0 Å². The predicted molar refractivity (Wildman–Crippen MR) is 72.4 cm³/mol. The van der Waals surface area contributed by atoms with E-state index in [0.29, 0.717) is 12.6 Å². The molecule has 0 aliphatic heterocycles. The number of hydrogen-bond acceptors (Lipinski definition) is 1. The molecule has 0 amide bonds. The summed E-state index contributed by atoms with van der Waals surface area (Å²) in [6.45, 7) is 10.1. The first-order valence-corrected chi connectivity index (χ1v) is 6.32. The van der Waals surface area contributed by atoms with Crippen molar-refractivity contribution in [3.63, 3.8) is 0 Å². The number of nitrogens with zero attached hydrogens (tertiary/aromatic N) is 1. The number of hydrogen-bond donors (Lipinski definition) is 0. The van der Waals surface area contributed by atoms with Crippen molar-refractivity contribution in [1.29, 1.82) is 0 Å². The second-order valence-electron chi connectivity index (χ2n) is 4.76. The first-order valence-electron chi connectivity index (χ1n) is 6.32. The maximum atomic E-state index is 5.56. The minimum Gasteiger partial charge on any atom is -0.377 e. The molecule has 2 rings (SSSR count). The van der Waals surface area contributed by atoms with E-state index in [1.54, 1.807) is 0 Å². The largest absolute Gasteiger partial charge is 0.377 e. The summed E-state index contributed by atoms with van der Waals surface area (Å²) in [5.74, 6) is 0. The lowest BCUT2D eigenvalue weighted by atomic mass is 10.1. The van der Waals surface area contributed by atoms with Crippen LogP contribution in [-0.2, 0) is 11.3 Å². The molecule has 0 atom stereocenters. The second kappa shape index (κ2) is 4.92. The van der Waals surface area contributed by atoms with Gasteiger partial charge in [-0.2, -0.15) is 0 Å². The van der Waals surface area contributed by atoms with E-state index in [1.807, 2.05) is 6.92 Å². The third-order valence-corrected chi connectivity index (χ3v) is 3.16. The van der Waals surface area contributed by atoms with Crippen molar-refractivity contribution >= 4 is 10.9 Å². The monoisotopic (exact) mass is 231 g/mol. The smallest absolute Gasteiger partial charge is 0.0737 e. The normalized spacial score (nSPS) is 11.6. The van der Waals surface area contributed by atoms with E-state index < -0.39 is 0 Å². The molecule has 0 spiro atoms. The molecular formula is C15H21NO. The van der Waals surface area contributed by atoms with E-state index in [9.17, 15) is 0 Å². The first-order chi connectivity index (χ1) is 8.15. The third kappa shape index (κ3) is 2.22. The van der Waals surface area contributed by atoms with Crippen LogP contribution in [0.15, 0.2) is 24.4 Å². The van der Waals surface area contributed by atoms with E-state index >= 15 is 0 Å². The molecule has 1 aromatic heterocycles. The molecule has 1 aromatic carbocycles. The zero-order chi connectivity index (χ0) is 12.4. The van der Waals surface area contributed by atoms with Gasteiger partial charge in [0.25, 0.3) is 0 Å². The Morgan fingerprint density at radius 2 is 2.06 bits per heavy atom.